The van der Waals surface area contributed by atoms with Crippen LogP contribution in [0.25, 0.3) is 22.0 Å². The highest BCUT2D eigenvalue weighted by molar-refractivity contribution is 5.86. The average molecular weight is 596 g/mol. The number of methoxy groups -OCH3 is 1. The zero-order valence-corrected chi connectivity index (χ0v) is 25.3. The second kappa shape index (κ2) is 13.7. The SMILES string of the molecule is COCCCn1cc(CN(C(=O)[C@H]2CNCC[C@@H]2c2cccc(-c3ccc(OCC(=O)O)cc3)c2)C2CC2)c2ccccc21. The minimum Gasteiger partial charge on any atom is -0.482 e. The van der Waals surface area contributed by atoms with E-state index in [2.05, 4.69) is 69.5 Å². The minimum atomic E-state index is -1.00. The monoisotopic (exact) mass is 595 g/mol. The highest BCUT2D eigenvalue weighted by Gasteiger charge is 2.40. The molecule has 3 aromatic carbocycles. The van der Waals surface area contributed by atoms with Crippen LogP contribution < -0.4 is 10.1 Å². The summed E-state index contributed by atoms with van der Waals surface area (Å²) in [4.78, 5) is 27.4. The van der Waals surface area contributed by atoms with E-state index in [0.717, 1.165) is 56.5 Å². The van der Waals surface area contributed by atoms with Gasteiger partial charge in [-0.2, -0.15) is 0 Å². The van der Waals surface area contributed by atoms with Gasteiger partial charge in [0.1, 0.15) is 5.75 Å². The van der Waals surface area contributed by atoms with E-state index in [4.69, 9.17) is 14.6 Å². The lowest BCUT2D eigenvalue weighted by Gasteiger charge is -2.36. The molecule has 230 valence electrons. The molecule has 0 spiro atoms. The number of rotatable bonds is 13. The van der Waals surface area contributed by atoms with E-state index in [-0.39, 0.29) is 24.3 Å². The number of aliphatic carboxylic acids is 1. The molecule has 1 amide bonds. The van der Waals surface area contributed by atoms with Crippen LogP contribution in [0.5, 0.6) is 5.75 Å². The third kappa shape index (κ3) is 6.82. The summed E-state index contributed by atoms with van der Waals surface area (Å²) in [5.41, 5.74) is 5.68. The number of hydrogen-bond donors (Lipinski definition) is 2. The molecule has 44 heavy (non-hydrogen) atoms. The molecule has 8 heteroatoms. The van der Waals surface area contributed by atoms with Gasteiger partial charge in [0, 0.05) is 56.5 Å². The lowest BCUT2D eigenvalue weighted by atomic mass is 9.79. The molecule has 8 nitrogen and oxygen atoms in total. The van der Waals surface area contributed by atoms with Crippen molar-refractivity contribution in [3.8, 4) is 16.9 Å². The number of ether oxygens (including phenoxy) is 2. The van der Waals surface area contributed by atoms with Gasteiger partial charge in [-0.3, -0.25) is 4.79 Å². The quantitative estimate of drug-likeness (QED) is 0.193. The number of nitrogens with zero attached hydrogens (tertiary/aromatic N) is 2. The molecule has 0 unspecified atom stereocenters. The maximum atomic E-state index is 14.4. The molecule has 1 aliphatic heterocycles. The van der Waals surface area contributed by atoms with Crippen LogP contribution >= 0.6 is 0 Å². The van der Waals surface area contributed by atoms with Gasteiger partial charge in [-0.1, -0.05) is 54.6 Å². The number of para-hydroxylation sites is 1. The van der Waals surface area contributed by atoms with Crippen molar-refractivity contribution < 1.29 is 24.2 Å². The van der Waals surface area contributed by atoms with Crippen molar-refractivity contribution in [1.82, 2.24) is 14.8 Å². The number of amides is 1. The highest BCUT2D eigenvalue weighted by Crippen LogP contribution is 2.38. The first-order valence-corrected chi connectivity index (χ1v) is 15.6. The number of aromatic nitrogens is 1. The molecule has 0 radical (unpaired) electrons. The summed E-state index contributed by atoms with van der Waals surface area (Å²) in [6.07, 6.45) is 6.20. The molecule has 2 atom stereocenters. The largest absolute Gasteiger partial charge is 0.482 e. The molecule has 1 saturated carbocycles. The number of carboxylic acid groups (broad SMARTS) is 1. The molecule has 2 fully saturated rings. The van der Waals surface area contributed by atoms with Gasteiger partial charge < -0.3 is 29.4 Å². The Bertz CT molecular complexity index is 1590. The van der Waals surface area contributed by atoms with Crippen molar-refractivity contribution in [3.05, 3.63) is 90.1 Å². The third-order valence-electron chi connectivity index (χ3n) is 8.89. The fourth-order valence-corrected chi connectivity index (χ4v) is 6.54. The molecule has 1 aliphatic carbocycles. The van der Waals surface area contributed by atoms with Gasteiger partial charge in [0.2, 0.25) is 5.91 Å². The Balaban J connectivity index is 1.22. The minimum absolute atomic E-state index is 0.124. The predicted octanol–water partition coefficient (Wildman–Crippen LogP) is 5.69. The summed E-state index contributed by atoms with van der Waals surface area (Å²) in [6, 6.07) is 24.8. The first-order chi connectivity index (χ1) is 21.5. The molecule has 2 aliphatic rings. The first-order valence-electron chi connectivity index (χ1n) is 15.6. The fourth-order valence-electron chi connectivity index (χ4n) is 6.54. The number of aryl methyl sites for hydroxylation is 1. The van der Waals surface area contributed by atoms with Gasteiger partial charge in [0.05, 0.1) is 5.92 Å². The number of carboxylic acids is 1. The van der Waals surface area contributed by atoms with Gasteiger partial charge in [-0.25, -0.2) is 4.79 Å². The number of hydrogen-bond acceptors (Lipinski definition) is 5. The second-order valence-corrected chi connectivity index (χ2v) is 11.9. The van der Waals surface area contributed by atoms with Crippen molar-refractivity contribution in [2.24, 2.45) is 5.92 Å². The van der Waals surface area contributed by atoms with Crippen LogP contribution in [0, 0.1) is 5.92 Å². The van der Waals surface area contributed by atoms with Crippen molar-refractivity contribution in [2.45, 2.75) is 50.7 Å². The van der Waals surface area contributed by atoms with Gasteiger partial charge in [-0.15, -0.1) is 0 Å². The molecule has 6 rings (SSSR count). The zero-order chi connectivity index (χ0) is 30.5. The molecular weight excluding hydrogens is 554 g/mol. The lowest BCUT2D eigenvalue weighted by molar-refractivity contribution is -0.139. The van der Waals surface area contributed by atoms with Crippen LogP contribution in [0.2, 0.25) is 0 Å². The van der Waals surface area contributed by atoms with Gasteiger partial charge in [0.15, 0.2) is 6.61 Å². The summed E-state index contributed by atoms with van der Waals surface area (Å²) in [5, 5.41) is 13.6. The van der Waals surface area contributed by atoms with Crippen LogP contribution in [0.3, 0.4) is 0 Å². The van der Waals surface area contributed by atoms with Crippen LogP contribution in [0.4, 0.5) is 0 Å². The Morgan fingerprint density at radius 2 is 1.82 bits per heavy atom. The van der Waals surface area contributed by atoms with Crippen LogP contribution in [-0.2, 0) is 27.4 Å². The molecule has 2 heterocycles. The normalized spacial score (nSPS) is 18.3. The first kappa shape index (κ1) is 29.9. The molecule has 0 bridgehead atoms. The summed E-state index contributed by atoms with van der Waals surface area (Å²) >= 11 is 0. The maximum Gasteiger partial charge on any atom is 0.341 e. The van der Waals surface area contributed by atoms with E-state index in [9.17, 15) is 9.59 Å². The topological polar surface area (TPSA) is 93.0 Å². The van der Waals surface area contributed by atoms with Crippen molar-refractivity contribution >= 4 is 22.8 Å². The van der Waals surface area contributed by atoms with Crippen molar-refractivity contribution in [3.63, 3.8) is 0 Å². The predicted molar refractivity (Wildman–Crippen MR) is 171 cm³/mol. The van der Waals surface area contributed by atoms with Crippen molar-refractivity contribution in [1.29, 1.82) is 0 Å². The fraction of sp³-hybridized carbons (Fsp3) is 0.389. The third-order valence-corrected chi connectivity index (χ3v) is 8.89. The van der Waals surface area contributed by atoms with E-state index < -0.39 is 5.97 Å². The summed E-state index contributed by atoms with van der Waals surface area (Å²) in [7, 11) is 1.74. The van der Waals surface area contributed by atoms with Crippen LogP contribution in [0.1, 0.15) is 42.7 Å². The van der Waals surface area contributed by atoms with E-state index in [1.807, 2.05) is 12.1 Å². The number of benzene rings is 3. The molecule has 1 saturated heterocycles. The van der Waals surface area contributed by atoms with E-state index in [1.165, 1.54) is 22.0 Å². The number of carbonyl (C=O) groups is 2. The summed E-state index contributed by atoms with van der Waals surface area (Å²) in [5.74, 6) is -0.251. The van der Waals surface area contributed by atoms with Gasteiger partial charge in [-0.05, 0) is 78.6 Å². The Hall–Kier alpha value is -4.14. The van der Waals surface area contributed by atoms with Crippen LogP contribution in [-0.4, -0.2) is 65.9 Å². The summed E-state index contributed by atoms with van der Waals surface area (Å²) < 4.78 is 12.9. The van der Waals surface area contributed by atoms with E-state index in [0.29, 0.717) is 24.9 Å². The smallest absolute Gasteiger partial charge is 0.341 e. The number of piperidine rings is 1. The lowest BCUT2D eigenvalue weighted by Crippen LogP contribution is -2.47. The molecule has 1 aromatic heterocycles. The maximum absolute atomic E-state index is 14.4. The Kier molecular flexibility index (Phi) is 9.28. The highest BCUT2D eigenvalue weighted by atomic mass is 16.5. The van der Waals surface area contributed by atoms with Gasteiger partial charge in [0.25, 0.3) is 0 Å². The molecule has 2 N–H and O–H groups in total. The van der Waals surface area contributed by atoms with Crippen LogP contribution in [0.15, 0.2) is 79.0 Å². The Morgan fingerprint density at radius 3 is 2.59 bits per heavy atom. The van der Waals surface area contributed by atoms with E-state index in [1.54, 1.807) is 19.2 Å². The number of fused-ring (bicyclic) bond motifs is 1. The Morgan fingerprint density at radius 1 is 1.00 bits per heavy atom. The zero-order valence-electron chi connectivity index (χ0n) is 25.3. The van der Waals surface area contributed by atoms with Gasteiger partial charge >= 0.3 is 5.97 Å². The summed E-state index contributed by atoms with van der Waals surface area (Å²) in [6.45, 7) is 3.42. The molecular formula is C36H41N3O5. The number of carbonyl (C=O) groups excluding carboxylic acids is 1. The van der Waals surface area contributed by atoms with Crippen molar-refractivity contribution in [2.75, 3.05) is 33.4 Å². The molecule has 4 aromatic rings. The average Bonchev–Trinajstić information content (AvgIpc) is 3.85. The standard InChI is InChI=1S/C36H41N3O5/c1-43-19-5-18-38-22-28(32-8-2-3-9-34(32)38)23-39(29-12-13-29)36(42)33-21-37-17-16-31(33)27-7-4-6-26(20-27)25-10-14-30(15-11-25)44-24-35(40)41/h2-4,6-11,14-15,20,22,29,31,33,37H,5,12-13,16-19,21,23-24H2,1H3,(H,40,41)/t31-,33+/m1/s1. The number of nitrogens with one attached hydrogen (secondary N) is 1. The Labute approximate surface area is 258 Å². The second-order valence-electron chi connectivity index (χ2n) is 11.9. The van der Waals surface area contributed by atoms with E-state index >= 15 is 0 Å².